The number of nitrogens with zero attached hydrogens (tertiary/aromatic N) is 3. The number of quaternary nitrogens is 1. The number of fused-ring (bicyclic) bond motifs is 2. The molecule has 3 fully saturated rings. The van der Waals surface area contributed by atoms with Crippen molar-refractivity contribution in [3.8, 4) is 0 Å². The first-order valence-corrected chi connectivity index (χ1v) is 8.59. The molecule has 4 heterocycles. The van der Waals surface area contributed by atoms with Crippen molar-refractivity contribution in [2.24, 2.45) is 11.0 Å². The highest BCUT2D eigenvalue weighted by atomic mass is 16.6. The fourth-order valence-electron chi connectivity index (χ4n) is 4.44. The van der Waals surface area contributed by atoms with Crippen LogP contribution in [-0.4, -0.2) is 40.7 Å². The first-order chi connectivity index (χ1) is 11.6. The largest absolute Gasteiger partial charge is 0.326 e. The van der Waals surface area contributed by atoms with Gasteiger partial charge in [-0.3, -0.25) is 14.9 Å². The third-order valence-electron chi connectivity index (χ3n) is 5.59. The summed E-state index contributed by atoms with van der Waals surface area (Å²) in [6.45, 7) is 4.01. The maximum atomic E-state index is 12.5. The van der Waals surface area contributed by atoms with Crippen molar-refractivity contribution in [1.82, 2.24) is 5.01 Å². The Kier molecular flexibility index (Phi) is 3.60. The monoisotopic (exact) mass is 329 g/mol. The molecule has 0 radical (unpaired) electrons. The molecular formula is C17H21N4O3+. The number of non-ortho nitro benzene ring substituents is 1. The van der Waals surface area contributed by atoms with E-state index >= 15 is 0 Å². The molecule has 4 aliphatic rings. The van der Waals surface area contributed by atoms with E-state index in [1.165, 1.54) is 11.0 Å². The zero-order valence-electron chi connectivity index (χ0n) is 13.6. The van der Waals surface area contributed by atoms with E-state index in [1.807, 2.05) is 13.0 Å². The van der Waals surface area contributed by atoms with E-state index in [1.54, 1.807) is 17.1 Å². The quantitative estimate of drug-likeness (QED) is 0.661. The van der Waals surface area contributed by atoms with Crippen LogP contribution in [-0.2, 0) is 4.79 Å². The van der Waals surface area contributed by atoms with Gasteiger partial charge in [-0.05, 0) is 5.56 Å². The Morgan fingerprint density at radius 1 is 1.42 bits per heavy atom. The minimum atomic E-state index is -0.383. The summed E-state index contributed by atoms with van der Waals surface area (Å²) in [5.41, 5.74) is 2.01. The van der Waals surface area contributed by atoms with Crippen LogP contribution in [0.3, 0.4) is 0 Å². The summed E-state index contributed by atoms with van der Waals surface area (Å²) in [5.74, 6) is 0.441. The van der Waals surface area contributed by atoms with Crippen LogP contribution >= 0.6 is 0 Å². The summed E-state index contributed by atoms with van der Waals surface area (Å²) >= 11 is 0. The number of hydrogen-bond donors (Lipinski definition) is 1. The molecule has 5 rings (SSSR count). The summed E-state index contributed by atoms with van der Waals surface area (Å²) in [6, 6.07) is 6.61. The molecule has 7 nitrogen and oxygen atoms in total. The van der Waals surface area contributed by atoms with E-state index in [4.69, 9.17) is 5.10 Å². The van der Waals surface area contributed by atoms with E-state index in [2.05, 4.69) is 0 Å². The second-order valence-electron chi connectivity index (χ2n) is 6.82. The predicted octanol–water partition coefficient (Wildman–Crippen LogP) is 0.921. The van der Waals surface area contributed by atoms with Gasteiger partial charge in [-0.2, -0.15) is 5.10 Å². The molecule has 1 aromatic carbocycles. The van der Waals surface area contributed by atoms with E-state index in [-0.39, 0.29) is 28.6 Å². The first kappa shape index (κ1) is 15.3. The molecule has 0 saturated carbocycles. The Hall–Kier alpha value is -2.28. The van der Waals surface area contributed by atoms with Gasteiger partial charge in [0.2, 0.25) is 5.91 Å². The molecule has 2 atom stereocenters. The molecule has 0 unspecified atom stereocenters. The maximum absolute atomic E-state index is 12.5. The minimum Gasteiger partial charge on any atom is -0.326 e. The Morgan fingerprint density at radius 2 is 2.17 bits per heavy atom. The zero-order valence-corrected chi connectivity index (χ0v) is 13.6. The summed E-state index contributed by atoms with van der Waals surface area (Å²) in [6.07, 6.45) is 2.63. The topological polar surface area (TPSA) is 80.2 Å². The number of nitro benzene ring substituents is 1. The van der Waals surface area contributed by atoms with E-state index in [9.17, 15) is 14.9 Å². The van der Waals surface area contributed by atoms with Gasteiger partial charge in [0, 0.05) is 37.3 Å². The van der Waals surface area contributed by atoms with Crippen molar-refractivity contribution in [3.05, 3.63) is 39.9 Å². The smallest absolute Gasteiger partial charge is 0.269 e. The maximum Gasteiger partial charge on any atom is 0.269 e. The second kappa shape index (κ2) is 5.66. The lowest BCUT2D eigenvalue weighted by atomic mass is 9.78. The zero-order chi connectivity index (χ0) is 16.8. The average Bonchev–Trinajstić information content (AvgIpc) is 3.04. The van der Waals surface area contributed by atoms with Crippen LogP contribution in [0.4, 0.5) is 5.69 Å². The van der Waals surface area contributed by atoms with Crippen LogP contribution < -0.4 is 4.90 Å². The Bertz CT molecular complexity index is 724. The number of rotatable bonds is 3. The molecule has 0 spiro atoms. The van der Waals surface area contributed by atoms with Gasteiger partial charge in [-0.1, -0.05) is 19.1 Å². The minimum absolute atomic E-state index is 0.0200. The molecule has 4 aliphatic heterocycles. The van der Waals surface area contributed by atoms with Gasteiger partial charge in [-0.15, -0.1) is 0 Å². The average molecular weight is 329 g/mol. The fourth-order valence-corrected chi connectivity index (χ4v) is 4.44. The third-order valence-corrected chi connectivity index (χ3v) is 5.59. The highest BCUT2D eigenvalue weighted by Gasteiger charge is 2.54. The molecule has 1 N–H and O–H groups in total. The normalized spacial score (nSPS) is 30.9. The lowest BCUT2D eigenvalue weighted by Crippen LogP contribution is -3.20. The van der Waals surface area contributed by atoms with Gasteiger partial charge in [0.15, 0.2) is 6.04 Å². The van der Waals surface area contributed by atoms with E-state index < -0.39 is 0 Å². The number of benzene rings is 1. The Labute approximate surface area is 140 Å². The molecule has 2 bridgehead atoms. The molecule has 24 heavy (non-hydrogen) atoms. The highest BCUT2D eigenvalue weighted by molar-refractivity contribution is 5.96. The number of hydrazone groups is 1. The number of nitro groups is 1. The van der Waals surface area contributed by atoms with Gasteiger partial charge in [0.05, 0.1) is 18.0 Å². The predicted molar refractivity (Wildman–Crippen MR) is 87.6 cm³/mol. The standard InChI is InChI=1S/C17H20N4O3/c1-2-14(22)20-16(12-4-3-5-13(10-12)21(23)24)17-15(18-20)11-6-8-19(17)9-7-11/h3-5,10-11,16-17H,2,6-9H2,1H3/p+1/t16-,17+/m1/s1. The van der Waals surface area contributed by atoms with Crippen LogP contribution in [0.1, 0.15) is 37.8 Å². The summed E-state index contributed by atoms with van der Waals surface area (Å²) in [5, 5.41) is 17.4. The molecule has 126 valence electrons. The number of carbonyl (C=O) groups is 1. The highest BCUT2D eigenvalue weighted by Crippen LogP contribution is 2.37. The molecule has 1 amide bonds. The fraction of sp³-hybridized carbons (Fsp3) is 0.529. The summed E-state index contributed by atoms with van der Waals surface area (Å²) in [4.78, 5) is 24.7. The summed E-state index contributed by atoms with van der Waals surface area (Å²) < 4.78 is 0. The Morgan fingerprint density at radius 3 is 2.83 bits per heavy atom. The molecular weight excluding hydrogens is 308 g/mol. The first-order valence-electron chi connectivity index (χ1n) is 8.59. The van der Waals surface area contributed by atoms with Crippen LogP contribution in [0.5, 0.6) is 0 Å². The lowest BCUT2D eigenvalue weighted by molar-refractivity contribution is -0.927. The van der Waals surface area contributed by atoms with Crippen molar-refractivity contribution in [1.29, 1.82) is 0 Å². The number of carbonyl (C=O) groups excluding carboxylic acids is 1. The van der Waals surface area contributed by atoms with Crippen LogP contribution in [0.25, 0.3) is 0 Å². The Balaban J connectivity index is 1.78. The van der Waals surface area contributed by atoms with Gasteiger partial charge < -0.3 is 4.90 Å². The van der Waals surface area contributed by atoms with Crippen molar-refractivity contribution in [2.45, 2.75) is 38.3 Å². The summed E-state index contributed by atoms with van der Waals surface area (Å²) in [7, 11) is 0. The van der Waals surface area contributed by atoms with Gasteiger partial charge in [0.1, 0.15) is 11.8 Å². The number of nitrogens with one attached hydrogen (secondary N) is 1. The number of piperidine rings is 3. The number of amides is 1. The molecule has 3 saturated heterocycles. The van der Waals surface area contributed by atoms with Crippen LogP contribution in [0, 0.1) is 16.0 Å². The molecule has 1 aromatic rings. The van der Waals surface area contributed by atoms with Gasteiger partial charge in [0.25, 0.3) is 5.69 Å². The third kappa shape index (κ3) is 2.23. The van der Waals surface area contributed by atoms with E-state index in [0.29, 0.717) is 12.3 Å². The van der Waals surface area contributed by atoms with Crippen LogP contribution in [0.2, 0.25) is 0 Å². The van der Waals surface area contributed by atoms with Crippen molar-refractivity contribution in [3.63, 3.8) is 0 Å². The van der Waals surface area contributed by atoms with Gasteiger partial charge in [-0.25, -0.2) is 5.01 Å². The van der Waals surface area contributed by atoms with Gasteiger partial charge >= 0.3 is 0 Å². The molecule has 0 aliphatic carbocycles. The van der Waals surface area contributed by atoms with Crippen molar-refractivity contribution in [2.75, 3.05) is 13.1 Å². The lowest BCUT2D eigenvalue weighted by Gasteiger charge is -2.42. The number of hydrogen-bond acceptors (Lipinski definition) is 4. The van der Waals surface area contributed by atoms with Crippen molar-refractivity contribution < 1.29 is 14.6 Å². The van der Waals surface area contributed by atoms with Crippen LogP contribution in [0.15, 0.2) is 29.4 Å². The second-order valence-corrected chi connectivity index (χ2v) is 6.82. The molecule has 7 heteroatoms. The SMILES string of the molecule is CCC(=O)N1N=C2C3CC[NH+](CC3)[C@@H]2[C@H]1c1cccc([N+](=O)[O-])c1. The van der Waals surface area contributed by atoms with Crippen molar-refractivity contribution >= 4 is 17.3 Å². The van der Waals surface area contributed by atoms with E-state index in [0.717, 1.165) is 37.2 Å². The molecule has 0 aromatic heterocycles.